The average Bonchev–Trinajstić information content (AvgIpc) is 2.78. The normalized spacial score (nSPS) is 19.8. The summed E-state index contributed by atoms with van der Waals surface area (Å²) in [7, 11) is 2.12. The van der Waals surface area contributed by atoms with Crippen LogP contribution in [0.1, 0.15) is 50.8 Å². The molecule has 1 unspecified atom stereocenters. The number of aryl methyl sites for hydroxylation is 1. The molecule has 1 fully saturated rings. The van der Waals surface area contributed by atoms with E-state index >= 15 is 0 Å². The standard InChI is InChI=1S/C17H30N2S/c1-17(2,19-12-6-4-5-7-13-19)16(18-3)11-10-15-9-8-14-20-15/h8-9,14,16,18H,4-7,10-13H2,1-3H3. The maximum absolute atomic E-state index is 3.59. The van der Waals surface area contributed by atoms with Gasteiger partial charge < -0.3 is 5.32 Å². The van der Waals surface area contributed by atoms with Crippen molar-refractivity contribution < 1.29 is 0 Å². The van der Waals surface area contributed by atoms with Crippen LogP contribution in [0.4, 0.5) is 0 Å². The van der Waals surface area contributed by atoms with Gasteiger partial charge in [0.1, 0.15) is 0 Å². The van der Waals surface area contributed by atoms with E-state index in [1.54, 1.807) is 0 Å². The molecule has 1 aromatic rings. The Kier molecular flexibility index (Phi) is 6.06. The minimum atomic E-state index is 0.246. The first kappa shape index (κ1) is 16.0. The molecule has 1 atom stereocenters. The molecule has 0 amide bonds. The second-order valence-corrected chi connectivity index (χ2v) is 7.55. The minimum absolute atomic E-state index is 0.246. The molecule has 0 radical (unpaired) electrons. The molecule has 1 saturated heterocycles. The predicted molar refractivity (Wildman–Crippen MR) is 89.6 cm³/mol. The molecule has 20 heavy (non-hydrogen) atoms. The monoisotopic (exact) mass is 294 g/mol. The largest absolute Gasteiger partial charge is 0.315 e. The van der Waals surface area contributed by atoms with Crippen molar-refractivity contribution in [1.82, 2.24) is 10.2 Å². The van der Waals surface area contributed by atoms with E-state index in [2.05, 4.69) is 48.6 Å². The summed E-state index contributed by atoms with van der Waals surface area (Å²) in [5, 5.41) is 5.77. The Hall–Kier alpha value is -0.380. The quantitative estimate of drug-likeness (QED) is 0.855. The van der Waals surface area contributed by atoms with E-state index < -0.39 is 0 Å². The molecule has 3 heteroatoms. The van der Waals surface area contributed by atoms with Crippen molar-refractivity contribution >= 4 is 11.3 Å². The Morgan fingerprint density at radius 1 is 1.25 bits per heavy atom. The van der Waals surface area contributed by atoms with Crippen molar-refractivity contribution in [2.75, 3.05) is 20.1 Å². The van der Waals surface area contributed by atoms with E-state index in [4.69, 9.17) is 0 Å². The maximum Gasteiger partial charge on any atom is 0.0306 e. The zero-order valence-electron chi connectivity index (χ0n) is 13.3. The van der Waals surface area contributed by atoms with E-state index in [0.717, 1.165) is 0 Å². The molecule has 0 spiro atoms. The van der Waals surface area contributed by atoms with Crippen molar-refractivity contribution in [3.05, 3.63) is 22.4 Å². The van der Waals surface area contributed by atoms with Gasteiger partial charge in [-0.05, 0) is 71.1 Å². The van der Waals surface area contributed by atoms with Gasteiger partial charge in [0.2, 0.25) is 0 Å². The van der Waals surface area contributed by atoms with Gasteiger partial charge in [0.15, 0.2) is 0 Å². The minimum Gasteiger partial charge on any atom is -0.315 e. The number of likely N-dealkylation sites (tertiary alicyclic amines) is 1. The summed E-state index contributed by atoms with van der Waals surface area (Å²) < 4.78 is 0. The Morgan fingerprint density at radius 2 is 1.95 bits per heavy atom. The SMILES string of the molecule is CNC(CCc1cccs1)C(C)(C)N1CCCCCC1. The highest BCUT2D eigenvalue weighted by Gasteiger charge is 2.34. The van der Waals surface area contributed by atoms with Crippen molar-refractivity contribution in [2.24, 2.45) is 0 Å². The van der Waals surface area contributed by atoms with Crippen LogP contribution in [0.15, 0.2) is 17.5 Å². The highest BCUT2D eigenvalue weighted by Crippen LogP contribution is 2.26. The summed E-state index contributed by atoms with van der Waals surface area (Å²) in [4.78, 5) is 4.23. The number of hydrogen-bond acceptors (Lipinski definition) is 3. The van der Waals surface area contributed by atoms with Crippen LogP contribution >= 0.6 is 11.3 Å². The number of hydrogen-bond donors (Lipinski definition) is 1. The molecular formula is C17H30N2S. The lowest BCUT2D eigenvalue weighted by Gasteiger charge is -2.44. The fourth-order valence-electron chi connectivity index (χ4n) is 3.46. The summed E-state index contributed by atoms with van der Waals surface area (Å²) >= 11 is 1.88. The summed E-state index contributed by atoms with van der Waals surface area (Å²) in [6.45, 7) is 7.39. The maximum atomic E-state index is 3.59. The highest BCUT2D eigenvalue weighted by molar-refractivity contribution is 7.09. The second kappa shape index (κ2) is 7.58. The van der Waals surface area contributed by atoms with E-state index in [-0.39, 0.29) is 5.54 Å². The predicted octanol–water partition coefficient (Wildman–Crippen LogP) is 3.92. The molecule has 0 aliphatic carbocycles. The summed E-state index contributed by atoms with van der Waals surface area (Å²) in [5.74, 6) is 0. The van der Waals surface area contributed by atoms with E-state index in [1.165, 1.54) is 56.5 Å². The van der Waals surface area contributed by atoms with Crippen molar-refractivity contribution in [1.29, 1.82) is 0 Å². The molecule has 0 aromatic carbocycles. The van der Waals surface area contributed by atoms with Gasteiger partial charge in [0.25, 0.3) is 0 Å². The number of thiophene rings is 1. The molecule has 1 aliphatic rings. The molecule has 0 saturated carbocycles. The lowest BCUT2D eigenvalue weighted by molar-refractivity contribution is 0.0833. The van der Waals surface area contributed by atoms with Crippen LogP contribution in [0.5, 0.6) is 0 Å². The van der Waals surface area contributed by atoms with Gasteiger partial charge in [0, 0.05) is 16.5 Å². The second-order valence-electron chi connectivity index (χ2n) is 6.51. The van der Waals surface area contributed by atoms with Crippen molar-refractivity contribution in [3.8, 4) is 0 Å². The lowest BCUT2D eigenvalue weighted by Crippen LogP contribution is -2.57. The van der Waals surface area contributed by atoms with Gasteiger partial charge in [-0.1, -0.05) is 18.9 Å². The van der Waals surface area contributed by atoms with Crippen LogP contribution in [0.3, 0.4) is 0 Å². The Labute approximate surface area is 128 Å². The number of nitrogens with one attached hydrogen (secondary N) is 1. The molecule has 114 valence electrons. The van der Waals surface area contributed by atoms with Crippen LogP contribution < -0.4 is 5.32 Å². The Bertz CT molecular complexity index is 364. The van der Waals surface area contributed by atoms with Gasteiger partial charge in [-0.25, -0.2) is 0 Å². The van der Waals surface area contributed by atoms with Gasteiger partial charge in [-0.3, -0.25) is 4.90 Å². The molecule has 2 heterocycles. The highest BCUT2D eigenvalue weighted by atomic mass is 32.1. The Balaban J connectivity index is 1.96. The topological polar surface area (TPSA) is 15.3 Å². The first-order valence-electron chi connectivity index (χ1n) is 8.09. The zero-order valence-corrected chi connectivity index (χ0v) is 14.1. The summed E-state index contributed by atoms with van der Waals surface area (Å²) in [6.07, 6.45) is 7.97. The van der Waals surface area contributed by atoms with Crippen LogP contribution in [0.25, 0.3) is 0 Å². The molecule has 1 aliphatic heterocycles. The molecule has 1 aromatic heterocycles. The summed E-state index contributed by atoms with van der Waals surface area (Å²) in [6, 6.07) is 4.98. The van der Waals surface area contributed by atoms with Crippen LogP contribution in [-0.2, 0) is 6.42 Å². The first-order valence-corrected chi connectivity index (χ1v) is 8.97. The van der Waals surface area contributed by atoms with E-state index in [0.29, 0.717) is 6.04 Å². The number of likely N-dealkylation sites (N-methyl/N-ethyl adjacent to an activating group) is 1. The van der Waals surface area contributed by atoms with Gasteiger partial charge in [-0.15, -0.1) is 11.3 Å². The number of nitrogens with zero attached hydrogens (tertiary/aromatic N) is 1. The molecule has 0 bridgehead atoms. The number of rotatable bonds is 6. The van der Waals surface area contributed by atoms with E-state index in [9.17, 15) is 0 Å². The van der Waals surface area contributed by atoms with Crippen LogP contribution in [0.2, 0.25) is 0 Å². The lowest BCUT2D eigenvalue weighted by atomic mass is 9.88. The fraction of sp³-hybridized carbons (Fsp3) is 0.765. The average molecular weight is 295 g/mol. The Morgan fingerprint density at radius 3 is 2.50 bits per heavy atom. The zero-order chi connectivity index (χ0) is 14.4. The molecule has 1 N–H and O–H groups in total. The first-order chi connectivity index (χ1) is 9.64. The smallest absolute Gasteiger partial charge is 0.0306 e. The van der Waals surface area contributed by atoms with Gasteiger partial charge in [0.05, 0.1) is 0 Å². The third kappa shape index (κ3) is 4.06. The van der Waals surface area contributed by atoms with Gasteiger partial charge >= 0.3 is 0 Å². The third-order valence-corrected chi connectivity index (χ3v) is 5.82. The molecule has 2 nitrogen and oxygen atoms in total. The van der Waals surface area contributed by atoms with Crippen LogP contribution in [-0.4, -0.2) is 36.6 Å². The third-order valence-electron chi connectivity index (χ3n) is 4.88. The summed E-state index contributed by atoms with van der Waals surface area (Å²) in [5.41, 5.74) is 0.246. The van der Waals surface area contributed by atoms with E-state index in [1.807, 2.05) is 11.3 Å². The molecule has 2 rings (SSSR count). The van der Waals surface area contributed by atoms with Crippen molar-refractivity contribution in [2.45, 2.75) is 64.0 Å². The molecular weight excluding hydrogens is 264 g/mol. The van der Waals surface area contributed by atoms with Crippen LogP contribution in [0, 0.1) is 0 Å². The van der Waals surface area contributed by atoms with Gasteiger partial charge in [-0.2, -0.15) is 0 Å². The van der Waals surface area contributed by atoms with Crippen molar-refractivity contribution in [3.63, 3.8) is 0 Å². The fourth-order valence-corrected chi connectivity index (χ4v) is 4.18.